The van der Waals surface area contributed by atoms with Crippen LogP contribution in [0.3, 0.4) is 0 Å². The zero-order valence-corrected chi connectivity index (χ0v) is 11.1. The highest BCUT2D eigenvalue weighted by molar-refractivity contribution is 7.19. The number of nitrogens with two attached hydrogens (primary N) is 1. The summed E-state index contributed by atoms with van der Waals surface area (Å²) in [6.45, 7) is 2.27. The lowest BCUT2D eigenvalue weighted by Crippen LogP contribution is -2.25. The van der Waals surface area contributed by atoms with Gasteiger partial charge in [0.1, 0.15) is 0 Å². The zero-order valence-electron chi connectivity index (χ0n) is 10.3. The van der Waals surface area contributed by atoms with Crippen LogP contribution in [0.5, 0.6) is 0 Å². The van der Waals surface area contributed by atoms with E-state index in [1.165, 1.54) is 40.6 Å². The molecule has 0 unspecified atom stereocenters. The summed E-state index contributed by atoms with van der Waals surface area (Å²) >= 11 is 1.94. The van der Waals surface area contributed by atoms with Crippen LogP contribution in [0.15, 0.2) is 24.3 Å². The third-order valence-corrected chi connectivity index (χ3v) is 5.10. The van der Waals surface area contributed by atoms with E-state index in [0.717, 1.165) is 5.92 Å². The van der Waals surface area contributed by atoms with Crippen LogP contribution in [0.2, 0.25) is 0 Å². The Hall–Kier alpha value is -0.860. The van der Waals surface area contributed by atoms with Crippen molar-refractivity contribution in [2.45, 2.75) is 44.6 Å². The molecular formula is C15H19NS. The number of rotatable bonds is 1. The van der Waals surface area contributed by atoms with Crippen LogP contribution in [0.4, 0.5) is 0 Å². The largest absolute Gasteiger partial charge is 0.328 e. The van der Waals surface area contributed by atoms with Gasteiger partial charge in [0.15, 0.2) is 0 Å². The lowest BCUT2D eigenvalue weighted by Gasteiger charge is -2.26. The van der Waals surface area contributed by atoms with Crippen LogP contribution in [-0.4, -0.2) is 6.04 Å². The molecule has 0 amide bonds. The molecule has 1 fully saturated rings. The van der Waals surface area contributed by atoms with Gasteiger partial charge in [0.2, 0.25) is 0 Å². The van der Waals surface area contributed by atoms with E-state index in [9.17, 15) is 0 Å². The summed E-state index contributed by atoms with van der Waals surface area (Å²) in [4.78, 5) is 1.51. The van der Waals surface area contributed by atoms with Gasteiger partial charge in [-0.05, 0) is 55.5 Å². The van der Waals surface area contributed by atoms with Crippen molar-refractivity contribution in [3.63, 3.8) is 0 Å². The molecule has 0 saturated heterocycles. The summed E-state index contributed by atoms with van der Waals surface area (Å²) in [5, 5.41) is 1.48. The Balaban J connectivity index is 2.02. The van der Waals surface area contributed by atoms with Crippen molar-refractivity contribution >= 4 is 21.4 Å². The molecule has 1 aliphatic carbocycles. The first-order valence-corrected chi connectivity index (χ1v) is 7.31. The summed E-state index contributed by atoms with van der Waals surface area (Å²) in [5.41, 5.74) is 7.61. The van der Waals surface area contributed by atoms with Crippen molar-refractivity contribution in [2.24, 2.45) is 5.73 Å². The molecule has 0 radical (unpaired) electrons. The Kier molecular flexibility index (Phi) is 2.93. The third kappa shape index (κ3) is 2.00. The fourth-order valence-corrected chi connectivity index (χ4v) is 4.25. The second-order valence-electron chi connectivity index (χ2n) is 5.18. The number of hydrogen-bond acceptors (Lipinski definition) is 2. The van der Waals surface area contributed by atoms with Crippen LogP contribution in [0.25, 0.3) is 10.1 Å². The van der Waals surface area contributed by atoms with Gasteiger partial charge < -0.3 is 5.73 Å². The highest BCUT2D eigenvalue weighted by Crippen LogP contribution is 2.41. The Morgan fingerprint density at radius 1 is 1.12 bits per heavy atom. The fourth-order valence-electron chi connectivity index (χ4n) is 3.10. The summed E-state index contributed by atoms with van der Waals surface area (Å²) in [6.07, 6.45) is 4.91. The summed E-state index contributed by atoms with van der Waals surface area (Å²) in [5.74, 6) is 0.742. The summed E-state index contributed by atoms with van der Waals surface area (Å²) < 4.78 is 1.44. The maximum atomic E-state index is 6.00. The molecule has 0 aliphatic heterocycles. The first-order valence-electron chi connectivity index (χ1n) is 6.49. The van der Waals surface area contributed by atoms with Crippen molar-refractivity contribution in [3.8, 4) is 0 Å². The molecular weight excluding hydrogens is 226 g/mol. The number of thiophene rings is 1. The number of fused-ring (bicyclic) bond motifs is 1. The van der Waals surface area contributed by atoms with Crippen molar-refractivity contribution in [3.05, 3.63) is 34.7 Å². The maximum Gasteiger partial charge on any atom is 0.0348 e. The van der Waals surface area contributed by atoms with Crippen molar-refractivity contribution in [1.82, 2.24) is 0 Å². The van der Waals surface area contributed by atoms with Gasteiger partial charge in [0.25, 0.3) is 0 Å². The molecule has 0 atom stereocenters. The standard InChI is InChI=1S/C15H19NS/c1-10-15(11-6-8-12(16)9-7-11)13-4-2-3-5-14(13)17-10/h2-5,11-12H,6-9,16H2,1H3. The Bertz CT molecular complexity index is 521. The molecule has 1 heterocycles. The van der Waals surface area contributed by atoms with E-state index in [4.69, 9.17) is 5.73 Å². The highest BCUT2D eigenvalue weighted by Gasteiger charge is 2.23. The first-order chi connectivity index (χ1) is 8.25. The zero-order chi connectivity index (χ0) is 11.8. The fraction of sp³-hybridized carbons (Fsp3) is 0.467. The molecule has 17 heavy (non-hydrogen) atoms. The second-order valence-corrected chi connectivity index (χ2v) is 6.44. The second kappa shape index (κ2) is 4.43. The molecule has 90 valence electrons. The van der Waals surface area contributed by atoms with Gasteiger partial charge in [0, 0.05) is 15.6 Å². The summed E-state index contributed by atoms with van der Waals surface area (Å²) in [7, 11) is 0. The molecule has 0 bridgehead atoms. The van der Waals surface area contributed by atoms with Crippen molar-refractivity contribution in [1.29, 1.82) is 0 Å². The Morgan fingerprint density at radius 2 is 1.82 bits per heavy atom. The van der Waals surface area contributed by atoms with Crippen LogP contribution < -0.4 is 5.73 Å². The molecule has 1 saturated carbocycles. The molecule has 0 spiro atoms. The van der Waals surface area contributed by atoms with Crippen LogP contribution in [0.1, 0.15) is 42.0 Å². The quantitative estimate of drug-likeness (QED) is 0.801. The minimum atomic E-state index is 0.441. The lowest BCUT2D eigenvalue weighted by atomic mass is 9.81. The van der Waals surface area contributed by atoms with Gasteiger partial charge in [-0.2, -0.15) is 0 Å². The van der Waals surface area contributed by atoms with E-state index in [1.807, 2.05) is 11.3 Å². The van der Waals surface area contributed by atoms with Gasteiger partial charge in [-0.3, -0.25) is 0 Å². The average molecular weight is 245 g/mol. The van der Waals surface area contributed by atoms with Crippen LogP contribution in [-0.2, 0) is 0 Å². The monoisotopic (exact) mass is 245 g/mol. The smallest absolute Gasteiger partial charge is 0.0348 e. The Labute approximate surface area is 107 Å². The molecule has 2 aromatic rings. The summed E-state index contributed by atoms with van der Waals surface area (Å²) in [6, 6.07) is 9.26. The predicted octanol–water partition coefficient (Wildman–Crippen LogP) is 4.19. The van der Waals surface area contributed by atoms with E-state index in [2.05, 4.69) is 31.2 Å². The van der Waals surface area contributed by atoms with Crippen LogP contribution in [0, 0.1) is 6.92 Å². The van der Waals surface area contributed by atoms with E-state index in [0.29, 0.717) is 6.04 Å². The van der Waals surface area contributed by atoms with E-state index >= 15 is 0 Å². The molecule has 1 nitrogen and oxygen atoms in total. The SMILES string of the molecule is Cc1sc2ccccc2c1C1CCC(N)CC1. The highest BCUT2D eigenvalue weighted by atomic mass is 32.1. The van der Waals surface area contributed by atoms with Gasteiger partial charge in [-0.15, -0.1) is 11.3 Å². The molecule has 2 heteroatoms. The predicted molar refractivity (Wildman–Crippen MR) is 75.7 cm³/mol. The van der Waals surface area contributed by atoms with Gasteiger partial charge in [-0.25, -0.2) is 0 Å². The van der Waals surface area contributed by atoms with Crippen LogP contribution >= 0.6 is 11.3 Å². The molecule has 1 aliphatic rings. The first kappa shape index (κ1) is 11.2. The van der Waals surface area contributed by atoms with Gasteiger partial charge in [-0.1, -0.05) is 18.2 Å². The van der Waals surface area contributed by atoms with E-state index < -0.39 is 0 Å². The molecule has 3 rings (SSSR count). The van der Waals surface area contributed by atoms with E-state index in [1.54, 1.807) is 5.56 Å². The normalized spacial score (nSPS) is 25.3. The van der Waals surface area contributed by atoms with Gasteiger partial charge >= 0.3 is 0 Å². The average Bonchev–Trinajstić information content (AvgIpc) is 2.66. The molecule has 1 aromatic heterocycles. The molecule has 1 aromatic carbocycles. The molecule has 2 N–H and O–H groups in total. The Morgan fingerprint density at radius 3 is 2.59 bits per heavy atom. The van der Waals surface area contributed by atoms with Crippen molar-refractivity contribution < 1.29 is 0 Å². The number of aryl methyl sites for hydroxylation is 1. The minimum Gasteiger partial charge on any atom is -0.328 e. The number of benzene rings is 1. The minimum absolute atomic E-state index is 0.441. The van der Waals surface area contributed by atoms with E-state index in [-0.39, 0.29) is 0 Å². The lowest BCUT2D eigenvalue weighted by molar-refractivity contribution is 0.397. The maximum absolute atomic E-state index is 6.00. The van der Waals surface area contributed by atoms with Crippen molar-refractivity contribution in [2.75, 3.05) is 0 Å². The topological polar surface area (TPSA) is 26.0 Å². The number of hydrogen-bond donors (Lipinski definition) is 1. The third-order valence-electron chi connectivity index (χ3n) is 4.00. The van der Waals surface area contributed by atoms with Gasteiger partial charge in [0.05, 0.1) is 0 Å².